The molecular formula is C14H14N4. The van der Waals surface area contributed by atoms with Crippen LogP contribution in [-0.4, -0.2) is 20.2 Å². The summed E-state index contributed by atoms with van der Waals surface area (Å²) in [4.78, 5) is 8.91. The number of aromatic amines is 1. The lowest BCUT2D eigenvalue weighted by molar-refractivity contribution is 0.781. The summed E-state index contributed by atoms with van der Waals surface area (Å²) in [6.45, 7) is 4.17. The number of fused-ring (bicyclic) bond motifs is 1. The van der Waals surface area contributed by atoms with Gasteiger partial charge in [-0.3, -0.25) is 10.1 Å². The molecule has 0 aliphatic rings. The van der Waals surface area contributed by atoms with E-state index in [0.29, 0.717) is 11.7 Å². The number of hydrogen-bond donors (Lipinski definition) is 1. The molecule has 4 nitrogen and oxygen atoms in total. The monoisotopic (exact) mass is 238 g/mol. The van der Waals surface area contributed by atoms with Crippen LogP contribution in [0.15, 0.2) is 36.5 Å². The summed E-state index contributed by atoms with van der Waals surface area (Å²) < 4.78 is 0. The number of nitrogens with zero attached hydrogens (tertiary/aromatic N) is 3. The number of benzene rings is 1. The zero-order valence-corrected chi connectivity index (χ0v) is 10.4. The number of nitrogens with one attached hydrogen (secondary N) is 1. The van der Waals surface area contributed by atoms with Crippen molar-refractivity contribution in [3.8, 4) is 11.5 Å². The summed E-state index contributed by atoms with van der Waals surface area (Å²) in [6.07, 6.45) is 1.79. The van der Waals surface area contributed by atoms with Crippen LogP contribution in [0.2, 0.25) is 0 Å². The Labute approximate surface area is 105 Å². The van der Waals surface area contributed by atoms with Gasteiger partial charge in [0.25, 0.3) is 0 Å². The van der Waals surface area contributed by atoms with Gasteiger partial charge in [0.15, 0.2) is 5.82 Å². The van der Waals surface area contributed by atoms with Gasteiger partial charge in [-0.1, -0.05) is 38.1 Å². The number of rotatable bonds is 2. The predicted molar refractivity (Wildman–Crippen MR) is 71.2 cm³/mol. The molecule has 3 rings (SSSR count). The molecule has 0 aliphatic heterocycles. The molecule has 2 heterocycles. The highest BCUT2D eigenvalue weighted by Crippen LogP contribution is 2.24. The van der Waals surface area contributed by atoms with Gasteiger partial charge >= 0.3 is 0 Å². The minimum atomic E-state index is 0.334. The van der Waals surface area contributed by atoms with Gasteiger partial charge in [0.1, 0.15) is 11.5 Å². The third kappa shape index (κ3) is 1.76. The average molecular weight is 238 g/mol. The fourth-order valence-electron chi connectivity index (χ4n) is 1.94. The van der Waals surface area contributed by atoms with Crippen LogP contribution in [0.5, 0.6) is 0 Å². The molecule has 0 spiro atoms. The SMILES string of the molecule is CC(C)c1nc(-c2nccc3ccccc23)n[nH]1. The molecule has 0 aliphatic carbocycles. The second kappa shape index (κ2) is 4.22. The van der Waals surface area contributed by atoms with Gasteiger partial charge in [-0.05, 0) is 11.5 Å². The normalized spacial score (nSPS) is 11.3. The van der Waals surface area contributed by atoms with E-state index in [-0.39, 0.29) is 0 Å². The van der Waals surface area contributed by atoms with E-state index in [4.69, 9.17) is 0 Å². The Kier molecular flexibility index (Phi) is 2.55. The fourth-order valence-corrected chi connectivity index (χ4v) is 1.94. The van der Waals surface area contributed by atoms with Crippen molar-refractivity contribution in [2.75, 3.05) is 0 Å². The van der Waals surface area contributed by atoms with Crippen molar-refractivity contribution < 1.29 is 0 Å². The molecule has 3 aromatic rings. The zero-order chi connectivity index (χ0) is 12.5. The first kappa shape index (κ1) is 10.9. The van der Waals surface area contributed by atoms with E-state index in [9.17, 15) is 0 Å². The third-order valence-corrected chi connectivity index (χ3v) is 2.94. The standard InChI is InChI=1S/C14H14N4/c1-9(2)13-16-14(18-17-13)12-11-6-4-3-5-10(11)7-8-15-12/h3-9H,1-2H3,(H,16,17,18). The van der Waals surface area contributed by atoms with E-state index in [1.54, 1.807) is 6.20 Å². The molecule has 0 fully saturated rings. The molecule has 2 aromatic heterocycles. The Bertz CT molecular complexity index is 680. The van der Waals surface area contributed by atoms with Gasteiger partial charge in [0.05, 0.1) is 0 Å². The Balaban J connectivity index is 2.18. The molecule has 0 atom stereocenters. The van der Waals surface area contributed by atoms with Crippen LogP contribution in [0.1, 0.15) is 25.6 Å². The van der Waals surface area contributed by atoms with Gasteiger partial charge < -0.3 is 0 Å². The van der Waals surface area contributed by atoms with E-state index in [2.05, 4.69) is 40.1 Å². The molecule has 4 heteroatoms. The predicted octanol–water partition coefficient (Wildman–Crippen LogP) is 3.14. The Hall–Kier alpha value is -2.23. The maximum absolute atomic E-state index is 4.50. The Morgan fingerprint density at radius 1 is 1.11 bits per heavy atom. The number of hydrogen-bond acceptors (Lipinski definition) is 3. The van der Waals surface area contributed by atoms with Crippen molar-refractivity contribution >= 4 is 10.8 Å². The number of aromatic nitrogens is 4. The second-order valence-corrected chi connectivity index (χ2v) is 4.58. The van der Waals surface area contributed by atoms with E-state index in [0.717, 1.165) is 22.3 Å². The van der Waals surface area contributed by atoms with Crippen LogP contribution in [0.4, 0.5) is 0 Å². The number of pyridine rings is 1. The summed E-state index contributed by atoms with van der Waals surface area (Å²) in [5, 5.41) is 9.46. The van der Waals surface area contributed by atoms with Gasteiger partial charge in [-0.2, -0.15) is 5.10 Å². The lowest BCUT2D eigenvalue weighted by atomic mass is 10.1. The van der Waals surface area contributed by atoms with Gasteiger partial charge in [0, 0.05) is 17.5 Å². The maximum atomic E-state index is 4.50. The topological polar surface area (TPSA) is 54.5 Å². The molecule has 1 N–H and O–H groups in total. The minimum Gasteiger partial charge on any atom is -0.262 e. The molecule has 0 bridgehead atoms. The van der Waals surface area contributed by atoms with Crippen molar-refractivity contribution in [3.63, 3.8) is 0 Å². The second-order valence-electron chi connectivity index (χ2n) is 4.58. The lowest BCUT2D eigenvalue weighted by Gasteiger charge is -2.01. The van der Waals surface area contributed by atoms with Crippen LogP contribution in [-0.2, 0) is 0 Å². The van der Waals surface area contributed by atoms with Crippen LogP contribution in [0.3, 0.4) is 0 Å². The highest BCUT2D eigenvalue weighted by atomic mass is 15.2. The van der Waals surface area contributed by atoms with Crippen LogP contribution < -0.4 is 0 Å². The smallest absolute Gasteiger partial charge is 0.200 e. The van der Waals surface area contributed by atoms with Gasteiger partial charge in [0.2, 0.25) is 0 Å². The molecule has 18 heavy (non-hydrogen) atoms. The Morgan fingerprint density at radius 3 is 2.72 bits per heavy atom. The summed E-state index contributed by atoms with van der Waals surface area (Å²) in [5.74, 6) is 1.89. The van der Waals surface area contributed by atoms with Crippen molar-refractivity contribution in [1.29, 1.82) is 0 Å². The zero-order valence-electron chi connectivity index (χ0n) is 10.4. The van der Waals surface area contributed by atoms with Crippen LogP contribution in [0, 0.1) is 0 Å². The third-order valence-electron chi connectivity index (χ3n) is 2.94. The molecular weight excluding hydrogens is 224 g/mol. The molecule has 0 unspecified atom stereocenters. The van der Waals surface area contributed by atoms with Crippen molar-refractivity contribution in [2.24, 2.45) is 0 Å². The molecule has 1 aromatic carbocycles. The highest BCUT2D eigenvalue weighted by Gasteiger charge is 2.12. The van der Waals surface area contributed by atoms with E-state index in [1.165, 1.54) is 0 Å². The Morgan fingerprint density at radius 2 is 1.94 bits per heavy atom. The minimum absolute atomic E-state index is 0.334. The average Bonchev–Trinajstić information content (AvgIpc) is 2.87. The summed E-state index contributed by atoms with van der Waals surface area (Å²) in [6, 6.07) is 10.1. The number of H-pyrrole nitrogens is 1. The van der Waals surface area contributed by atoms with Crippen LogP contribution in [0.25, 0.3) is 22.3 Å². The molecule has 0 amide bonds. The first-order chi connectivity index (χ1) is 8.75. The van der Waals surface area contributed by atoms with Crippen molar-refractivity contribution in [1.82, 2.24) is 20.2 Å². The molecule has 0 saturated carbocycles. The first-order valence-electron chi connectivity index (χ1n) is 6.02. The molecule has 90 valence electrons. The van der Waals surface area contributed by atoms with E-state index < -0.39 is 0 Å². The highest BCUT2D eigenvalue weighted by molar-refractivity contribution is 5.92. The van der Waals surface area contributed by atoms with E-state index >= 15 is 0 Å². The van der Waals surface area contributed by atoms with Crippen LogP contribution >= 0.6 is 0 Å². The quantitative estimate of drug-likeness (QED) is 0.746. The van der Waals surface area contributed by atoms with Crippen molar-refractivity contribution in [3.05, 3.63) is 42.4 Å². The maximum Gasteiger partial charge on any atom is 0.200 e. The first-order valence-corrected chi connectivity index (χ1v) is 6.02. The summed E-state index contributed by atoms with van der Waals surface area (Å²) in [7, 11) is 0. The summed E-state index contributed by atoms with van der Waals surface area (Å²) >= 11 is 0. The van der Waals surface area contributed by atoms with Crippen molar-refractivity contribution in [2.45, 2.75) is 19.8 Å². The molecule has 0 radical (unpaired) electrons. The van der Waals surface area contributed by atoms with E-state index in [1.807, 2.05) is 24.3 Å². The summed E-state index contributed by atoms with van der Waals surface area (Å²) in [5.41, 5.74) is 0.830. The van der Waals surface area contributed by atoms with Gasteiger partial charge in [-0.15, -0.1) is 0 Å². The lowest BCUT2D eigenvalue weighted by Crippen LogP contribution is -1.90. The van der Waals surface area contributed by atoms with Gasteiger partial charge in [-0.25, -0.2) is 4.98 Å². The molecule has 0 saturated heterocycles. The fraction of sp³-hybridized carbons (Fsp3) is 0.214. The largest absolute Gasteiger partial charge is 0.262 e.